The van der Waals surface area contributed by atoms with E-state index in [4.69, 9.17) is 0 Å². The Labute approximate surface area is 147 Å². The number of nitrogens with zero attached hydrogens (tertiary/aromatic N) is 4. The molecule has 0 saturated heterocycles. The predicted molar refractivity (Wildman–Crippen MR) is 93.5 cm³/mol. The van der Waals surface area contributed by atoms with Crippen molar-refractivity contribution in [2.24, 2.45) is 0 Å². The molecule has 0 bridgehead atoms. The van der Waals surface area contributed by atoms with Gasteiger partial charge >= 0.3 is 5.56 Å². The summed E-state index contributed by atoms with van der Waals surface area (Å²) in [6.45, 7) is 0. The minimum absolute atomic E-state index is 0.241. The molecule has 0 fully saturated rings. The van der Waals surface area contributed by atoms with Crippen LogP contribution in [-0.4, -0.2) is 19.8 Å². The van der Waals surface area contributed by atoms with E-state index in [9.17, 15) is 9.18 Å². The summed E-state index contributed by atoms with van der Waals surface area (Å²) in [5, 5.41) is 13.0. The standard InChI is InChI=1S/C16H8BrFN4OS/c17-11-8-10(6-7-12(11)18)14-21-22-15(23)13(19-20-16(22)24-14)9-4-2-1-3-5-9/h1-8H. The number of rotatable bonds is 2. The SMILES string of the molecule is O=c1c(-c2ccccc2)nnc2sc(-c3ccc(F)c(Br)c3)nn12. The Morgan fingerprint density at radius 1 is 1.04 bits per heavy atom. The lowest BCUT2D eigenvalue weighted by molar-refractivity contribution is 0.621. The van der Waals surface area contributed by atoms with Gasteiger partial charge in [-0.05, 0) is 34.1 Å². The van der Waals surface area contributed by atoms with Crippen LogP contribution in [0.5, 0.6) is 0 Å². The molecule has 2 aromatic carbocycles. The van der Waals surface area contributed by atoms with E-state index in [1.54, 1.807) is 24.3 Å². The lowest BCUT2D eigenvalue weighted by Crippen LogP contribution is -2.19. The minimum atomic E-state index is -0.358. The van der Waals surface area contributed by atoms with Crippen LogP contribution in [0.4, 0.5) is 4.39 Å². The van der Waals surface area contributed by atoms with Gasteiger partial charge in [-0.25, -0.2) is 4.39 Å². The van der Waals surface area contributed by atoms with Gasteiger partial charge in [0.1, 0.15) is 10.8 Å². The van der Waals surface area contributed by atoms with Crippen molar-refractivity contribution in [3.63, 3.8) is 0 Å². The zero-order valence-corrected chi connectivity index (χ0v) is 14.4. The Morgan fingerprint density at radius 3 is 2.58 bits per heavy atom. The molecule has 0 unspecified atom stereocenters. The molecule has 4 rings (SSSR count). The van der Waals surface area contributed by atoms with Crippen LogP contribution >= 0.6 is 27.3 Å². The molecular formula is C16H8BrFN4OS. The van der Waals surface area contributed by atoms with E-state index in [1.165, 1.54) is 21.9 Å². The van der Waals surface area contributed by atoms with Gasteiger partial charge < -0.3 is 0 Å². The summed E-state index contributed by atoms with van der Waals surface area (Å²) in [6.07, 6.45) is 0. The van der Waals surface area contributed by atoms with Crippen LogP contribution in [0.2, 0.25) is 0 Å². The summed E-state index contributed by atoms with van der Waals surface area (Å²) in [6, 6.07) is 13.7. The van der Waals surface area contributed by atoms with Crippen LogP contribution in [0.3, 0.4) is 0 Å². The highest BCUT2D eigenvalue weighted by molar-refractivity contribution is 9.10. The molecule has 8 heteroatoms. The molecule has 2 heterocycles. The number of hydrogen-bond acceptors (Lipinski definition) is 5. The Bertz CT molecular complexity index is 1110. The third kappa shape index (κ3) is 2.53. The van der Waals surface area contributed by atoms with E-state index in [1.807, 2.05) is 18.2 Å². The van der Waals surface area contributed by atoms with Gasteiger partial charge in [0.2, 0.25) is 4.96 Å². The molecule has 0 radical (unpaired) electrons. The molecule has 0 spiro atoms. The van der Waals surface area contributed by atoms with E-state index in [-0.39, 0.29) is 17.1 Å². The highest BCUT2D eigenvalue weighted by Gasteiger charge is 2.14. The number of benzene rings is 2. The summed E-state index contributed by atoms with van der Waals surface area (Å²) < 4.78 is 14.9. The molecule has 118 valence electrons. The van der Waals surface area contributed by atoms with Gasteiger partial charge in [-0.15, -0.1) is 10.2 Å². The molecule has 0 amide bonds. The molecule has 0 atom stereocenters. The first kappa shape index (κ1) is 15.1. The van der Waals surface area contributed by atoms with Crippen LogP contribution in [0.1, 0.15) is 0 Å². The summed E-state index contributed by atoms with van der Waals surface area (Å²) in [5.41, 5.74) is 1.28. The maximum atomic E-state index is 13.4. The molecule has 0 aliphatic rings. The first-order valence-electron chi connectivity index (χ1n) is 6.91. The van der Waals surface area contributed by atoms with Gasteiger partial charge in [0.25, 0.3) is 0 Å². The van der Waals surface area contributed by atoms with Crippen molar-refractivity contribution < 1.29 is 4.39 Å². The molecule has 0 aliphatic carbocycles. The minimum Gasteiger partial charge on any atom is -0.265 e. The van der Waals surface area contributed by atoms with Gasteiger partial charge in [-0.1, -0.05) is 41.7 Å². The third-order valence-electron chi connectivity index (χ3n) is 3.40. The smallest absolute Gasteiger partial charge is 0.265 e. The monoisotopic (exact) mass is 402 g/mol. The quantitative estimate of drug-likeness (QED) is 0.511. The molecule has 0 saturated carbocycles. The van der Waals surface area contributed by atoms with Crippen LogP contribution < -0.4 is 5.56 Å². The zero-order valence-electron chi connectivity index (χ0n) is 12.0. The third-order valence-corrected chi connectivity index (χ3v) is 4.96. The molecule has 0 aliphatic heterocycles. The molecule has 5 nitrogen and oxygen atoms in total. The van der Waals surface area contributed by atoms with E-state index in [2.05, 4.69) is 31.2 Å². The maximum Gasteiger partial charge on any atom is 0.302 e. The molecule has 2 aromatic heterocycles. The van der Waals surface area contributed by atoms with Crippen molar-refractivity contribution in [3.8, 4) is 21.8 Å². The Hall–Kier alpha value is -2.45. The van der Waals surface area contributed by atoms with E-state index >= 15 is 0 Å². The summed E-state index contributed by atoms with van der Waals surface area (Å²) in [4.78, 5) is 13.0. The maximum absolute atomic E-state index is 13.4. The summed E-state index contributed by atoms with van der Waals surface area (Å²) in [5.74, 6) is -0.358. The van der Waals surface area contributed by atoms with Crippen molar-refractivity contribution >= 4 is 32.2 Å². The first-order chi connectivity index (χ1) is 11.6. The largest absolute Gasteiger partial charge is 0.302 e. The number of fused-ring (bicyclic) bond motifs is 1. The average Bonchev–Trinajstić information content (AvgIpc) is 3.04. The lowest BCUT2D eigenvalue weighted by atomic mass is 10.2. The second-order valence-electron chi connectivity index (χ2n) is 4.95. The molecule has 24 heavy (non-hydrogen) atoms. The van der Waals surface area contributed by atoms with Gasteiger partial charge in [-0.3, -0.25) is 4.79 Å². The fourth-order valence-electron chi connectivity index (χ4n) is 2.24. The average molecular weight is 403 g/mol. The molecular weight excluding hydrogens is 395 g/mol. The topological polar surface area (TPSA) is 60.2 Å². The van der Waals surface area contributed by atoms with Gasteiger partial charge in [0.15, 0.2) is 5.69 Å². The highest BCUT2D eigenvalue weighted by Crippen LogP contribution is 2.28. The second-order valence-corrected chi connectivity index (χ2v) is 6.76. The summed E-state index contributed by atoms with van der Waals surface area (Å²) in [7, 11) is 0. The fourth-order valence-corrected chi connectivity index (χ4v) is 3.45. The second kappa shape index (κ2) is 5.88. The Kier molecular flexibility index (Phi) is 3.70. The van der Waals surface area contributed by atoms with Crippen molar-refractivity contribution in [2.75, 3.05) is 0 Å². The number of aromatic nitrogens is 4. The lowest BCUT2D eigenvalue weighted by Gasteiger charge is -1.98. The first-order valence-corrected chi connectivity index (χ1v) is 8.52. The van der Waals surface area contributed by atoms with Crippen LogP contribution in [0.25, 0.3) is 26.8 Å². The van der Waals surface area contributed by atoms with Gasteiger partial charge in [0, 0.05) is 11.1 Å². The predicted octanol–water partition coefficient (Wildman–Crippen LogP) is 3.78. The van der Waals surface area contributed by atoms with Crippen molar-refractivity contribution in [1.29, 1.82) is 0 Å². The Balaban J connectivity index is 1.88. The van der Waals surface area contributed by atoms with Gasteiger partial charge in [-0.2, -0.15) is 9.61 Å². The van der Waals surface area contributed by atoms with Crippen molar-refractivity contribution in [1.82, 2.24) is 19.8 Å². The normalized spacial score (nSPS) is 11.1. The van der Waals surface area contributed by atoms with Crippen LogP contribution in [-0.2, 0) is 0 Å². The Morgan fingerprint density at radius 2 is 1.83 bits per heavy atom. The van der Waals surface area contributed by atoms with E-state index < -0.39 is 0 Å². The summed E-state index contributed by atoms with van der Waals surface area (Å²) >= 11 is 4.37. The van der Waals surface area contributed by atoms with Crippen molar-refractivity contribution in [3.05, 3.63) is 69.2 Å². The van der Waals surface area contributed by atoms with Crippen LogP contribution in [0, 0.1) is 5.82 Å². The number of hydrogen-bond donors (Lipinski definition) is 0. The fraction of sp³-hybridized carbons (Fsp3) is 0. The van der Waals surface area contributed by atoms with Crippen LogP contribution in [0.15, 0.2) is 57.8 Å². The highest BCUT2D eigenvalue weighted by atomic mass is 79.9. The zero-order chi connectivity index (χ0) is 16.7. The number of halogens is 2. The van der Waals surface area contributed by atoms with E-state index in [0.29, 0.717) is 25.6 Å². The van der Waals surface area contributed by atoms with E-state index in [0.717, 1.165) is 0 Å². The van der Waals surface area contributed by atoms with Crippen molar-refractivity contribution in [2.45, 2.75) is 0 Å². The molecule has 0 N–H and O–H groups in total. The molecule has 4 aromatic rings. The van der Waals surface area contributed by atoms with Gasteiger partial charge in [0.05, 0.1) is 4.47 Å².